The van der Waals surface area contributed by atoms with Crippen molar-refractivity contribution in [3.8, 4) is 11.3 Å². The summed E-state index contributed by atoms with van der Waals surface area (Å²) in [5.74, 6) is -1.48. The molecule has 0 saturated heterocycles. The van der Waals surface area contributed by atoms with E-state index in [0.29, 0.717) is 10.7 Å². The molecule has 0 saturated carbocycles. The maximum Gasteiger partial charge on any atom is 0.240 e. The van der Waals surface area contributed by atoms with Crippen LogP contribution < -0.4 is 11.1 Å². The number of carbonyl (C=O) groups is 2. The smallest absolute Gasteiger partial charge is 0.240 e. The molecule has 8 heteroatoms. The van der Waals surface area contributed by atoms with Crippen LogP contribution in [0.4, 0.5) is 9.52 Å². The number of carbonyl (C=O) groups excluding carboxylic acids is 2. The second kappa shape index (κ2) is 9.36. The lowest BCUT2D eigenvalue weighted by atomic mass is 9.98. The third-order valence-corrected chi connectivity index (χ3v) is 5.71. The second-order valence-electron chi connectivity index (χ2n) is 7.63. The van der Waals surface area contributed by atoms with Gasteiger partial charge in [0.1, 0.15) is 11.9 Å². The number of likely N-dealkylation sites (N-methyl/N-ethyl adjacent to an activating group) is 1. The molecule has 3 aromatic rings. The predicted octanol–water partition coefficient (Wildman–Crippen LogP) is 3.97. The number of nitrogens with two attached hydrogens (primary N) is 1. The van der Waals surface area contributed by atoms with Crippen molar-refractivity contribution in [3.63, 3.8) is 0 Å². The summed E-state index contributed by atoms with van der Waals surface area (Å²) in [5.41, 5.74) is 11.2. The maximum atomic E-state index is 13.6. The second-order valence-corrected chi connectivity index (χ2v) is 8.49. The van der Waals surface area contributed by atoms with Crippen molar-refractivity contribution >= 4 is 28.3 Å². The predicted molar refractivity (Wildman–Crippen MR) is 121 cm³/mol. The van der Waals surface area contributed by atoms with Crippen molar-refractivity contribution in [1.82, 2.24) is 9.88 Å². The number of hydrogen-bond donors (Lipinski definition) is 2. The lowest BCUT2D eigenvalue weighted by Crippen LogP contribution is -2.39. The molecule has 31 heavy (non-hydrogen) atoms. The summed E-state index contributed by atoms with van der Waals surface area (Å²) in [7, 11) is 1.59. The standard InChI is InChI=1S/C23H25FN4O2S/c1-13-8-14(2)20(15(3)9-13)18-12-31-23(26-18)27-19(29)11-28(4)21(22(25)30)16-6-5-7-17(24)10-16/h5-10,12,21H,11H2,1-4H3,(H2,25,30)(H,26,27,29). The van der Waals surface area contributed by atoms with Gasteiger partial charge in [-0.3, -0.25) is 14.5 Å². The molecule has 6 nitrogen and oxygen atoms in total. The molecule has 1 heterocycles. The van der Waals surface area contributed by atoms with E-state index in [9.17, 15) is 14.0 Å². The van der Waals surface area contributed by atoms with Crippen LogP contribution in [-0.4, -0.2) is 35.3 Å². The third-order valence-electron chi connectivity index (χ3n) is 4.95. The molecular weight excluding hydrogens is 415 g/mol. The molecule has 1 aromatic heterocycles. The molecule has 0 bridgehead atoms. The normalized spacial score (nSPS) is 12.1. The van der Waals surface area contributed by atoms with Gasteiger partial charge in [0.05, 0.1) is 12.2 Å². The average Bonchev–Trinajstić information content (AvgIpc) is 3.08. The Kier molecular flexibility index (Phi) is 6.82. The maximum absolute atomic E-state index is 13.6. The van der Waals surface area contributed by atoms with E-state index in [1.54, 1.807) is 13.1 Å². The molecule has 162 valence electrons. The van der Waals surface area contributed by atoms with Gasteiger partial charge in [0.15, 0.2) is 5.13 Å². The van der Waals surface area contributed by atoms with Crippen LogP contribution in [0.3, 0.4) is 0 Å². The van der Waals surface area contributed by atoms with E-state index >= 15 is 0 Å². The van der Waals surface area contributed by atoms with Gasteiger partial charge >= 0.3 is 0 Å². The van der Waals surface area contributed by atoms with E-state index < -0.39 is 17.8 Å². The molecule has 1 atom stereocenters. The number of thiazole rings is 1. The van der Waals surface area contributed by atoms with E-state index in [0.717, 1.165) is 22.4 Å². The van der Waals surface area contributed by atoms with E-state index in [1.165, 1.54) is 40.0 Å². The van der Waals surface area contributed by atoms with Crippen LogP contribution in [0, 0.1) is 26.6 Å². The summed E-state index contributed by atoms with van der Waals surface area (Å²) in [4.78, 5) is 30.6. The Labute approximate surface area is 184 Å². The van der Waals surface area contributed by atoms with Gasteiger partial charge in [0.25, 0.3) is 0 Å². The molecular formula is C23H25FN4O2S. The Morgan fingerprint density at radius 1 is 1.19 bits per heavy atom. The van der Waals surface area contributed by atoms with Gasteiger partial charge in [-0.05, 0) is 56.6 Å². The first kappa shape index (κ1) is 22.6. The summed E-state index contributed by atoms with van der Waals surface area (Å²) < 4.78 is 13.6. The minimum absolute atomic E-state index is 0.110. The summed E-state index contributed by atoms with van der Waals surface area (Å²) in [6.45, 7) is 6.02. The molecule has 0 radical (unpaired) electrons. The Morgan fingerprint density at radius 3 is 2.48 bits per heavy atom. The number of benzene rings is 2. The number of halogens is 1. The Hall–Kier alpha value is -3.10. The fraction of sp³-hybridized carbons (Fsp3) is 0.261. The molecule has 3 rings (SSSR count). The van der Waals surface area contributed by atoms with Crippen LogP contribution in [0.5, 0.6) is 0 Å². The Bertz CT molecular complexity index is 1110. The highest BCUT2D eigenvalue weighted by Crippen LogP contribution is 2.31. The molecule has 0 aliphatic rings. The summed E-state index contributed by atoms with van der Waals surface area (Å²) in [6.07, 6.45) is 0. The van der Waals surface area contributed by atoms with Gasteiger partial charge in [-0.25, -0.2) is 9.37 Å². The number of hydrogen-bond acceptors (Lipinski definition) is 5. The molecule has 0 aliphatic heterocycles. The quantitative estimate of drug-likeness (QED) is 0.582. The van der Waals surface area contributed by atoms with Gasteiger partial charge in [-0.1, -0.05) is 29.8 Å². The third kappa shape index (κ3) is 5.34. The van der Waals surface area contributed by atoms with Gasteiger partial charge in [0, 0.05) is 10.9 Å². The van der Waals surface area contributed by atoms with E-state index in [1.807, 2.05) is 19.2 Å². The van der Waals surface area contributed by atoms with Crippen LogP contribution >= 0.6 is 11.3 Å². The van der Waals surface area contributed by atoms with Crippen molar-refractivity contribution in [2.24, 2.45) is 5.73 Å². The van der Waals surface area contributed by atoms with Gasteiger partial charge < -0.3 is 11.1 Å². The lowest BCUT2D eigenvalue weighted by molar-refractivity contribution is -0.124. The van der Waals surface area contributed by atoms with E-state index in [2.05, 4.69) is 29.4 Å². The summed E-state index contributed by atoms with van der Waals surface area (Å²) in [5, 5.41) is 5.14. The fourth-order valence-electron chi connectivity index (χ4n) is 3.82. The van der Waals surface area contributed by atoms with Crippen LogP contribution in [0.15, 0.2) is 41.8 Å². The number of primary amides is 1. The molecule has 0 aliphatic carbocycles. The minimum atomic E-state index is -0.925. The van der Waals surface area contributed by atoms with E-state index in [4.69, 9.17) is 5.73 Å². The SMILES string of the molecule is Cc1cc(C)c(-c2csc(NC(=O)CN(C)C(C(N)=O)c3cccc(F)c3)n2)c(C)c1. The van der Waals surface area contributed by atoms with Gasteiger partial charge in [0.2, 0.25) is 11.8 Å². The average molecular weight is 441 g/mol. The lowest BCUT2D eigenvalue weighted by Gasteiger charge is -2.25. The number of aryl methyl sites for hydroxylation is 3. The molecule has 2 amide bonds. The highest BCUT2D eigenvalue weighted by Gasteiger charge is 2.25. The number of nitrogens with one attached hydrogen (secondary N) is 1. The monoisotopic (exact) mass is 440 g/mol. The first-order chi connectivity index (χ1) is 14.7. The molecule has 0 spiro atoms. The van der Waals surface area contributed by atoms with Crippen molar-refractivity contribution in [2.45, 2.75) is 26.8 Å². The van der Waals surface area contributed by atoms with Crippen LogP contribution in [0.25, 0.3) is 11.3 Å². The van der Waals surface area contributed by atoms with Crippen molar-refractivity contribution in [3.05, 3.63) is 69.8 Å². The molecule has 0 fully saturated rings. The molecule has 2 aromatic carbocycles. The number of aromatic nitrogens is 1. The van der Waals surface area contributed by atoms with Crippen molar-refractivity contribution < 1.29 is 14.0 Å². The molecule has 1 unspecified atom stereocenters. The zero-order valence-electron chi connectivity index (χ0n) is 17.9. The van der Waals surface area contributed by atoms with Crippen LogP contribution in [-0.2, 0) is 9.59 Å². The highest BCUT2D eigenvalue weighted by atomic mass is 32.1. The summed E-state index contributed by atoms with van der Waals surface area (Å²) >= 11 is 1.33. The van der Waals surface area contributed by atoms with Crippen molar-refractivity contribution in [1.29, 1.82) is 0 Å². The van der Waals surface area contributed by atoms with Crippen LogP contribution in [0.1, 0.15) is 28.3 Å². The Balaban J connectivity index is 1.72. The largest absolute Gasteiger partial charge is 0.368 e. The van der Waals surface area contributed by atoms with Gasteiger partial charge in [-0.15, -0.1) is 11.3 Å². The summed E-state index contributed by atoms with van der Waals surface area (Å²) in [6, 6.07) is 8.91. The van der Waals surface area contributed by atoms with Crippen LogP contribution in [0.2, 0.25) is 0 Å². The first-order valence-corrected chi connectivity index (χ1v) is 10.6. The molecule has 3 N–H and O–H groups in total. The highest BCUT2D eigenvalue weighted by molar-refractivity contribution is 7.14. The minimum Gasteiger partial charge on any atom is -0.368 e. The Morgan fingerprint density at radius 2 is 1.87 bits per heavy atom. The van der Waals surface area contributed by atoms with Gasteiger partial charge in [-0.2, -0.15) is 0 Å². The zero-order valence-corrected chi connectivity index (χ0v) is 18.7. The van der Waals surface area contributed by atoms with E-state index in [-0.39, 0.29) is 12.5 Å². The number of amides is 2. The number of anilines is 1. The first-order valence-electron chi connectivity index (χ1n) is 9.74. The number of rotatable bonds is 7. The van der Waals surface area contributed by atoms with Crippen molar-refractivity contribution in [2.75, 3.05) is 18.9 Å². The number of nitrogens with zero attached hydrogens (tertiary/aromatic N) is 2. The zero-order chi connectivity index (χ0) is 22.7. The topological polar surface area (TPSA) is 88.3 Å². The fourth-order valence-corrected chi connectivity index (χ4v) is 4.54.